The third kappa shape index (κ3) is 5.68. The third-order valence-electron chi connectivity index (χ3n) is 4.90. The molecule has 0 aliphatic heterocycles. The van der Waals surface area contributed by atoms with Crippen molar-refractivity contribution >= 4 is 56.7 Å². The van der Waals surface area contributed by atoms with Crippen molar-refractivity contribution in [3.8, 4) is 0 Å². The monoisotopic (exact) mass is 499 g/mol. The zero-order valence-corrected chi connectivity index (χ0v) is 19.3. The highest BCUT2D eigenvalue weighted by molar-refractivity contribution is 7.99. The van der Waals surface area contributed by atoms with Gasteiger partial charge in [-0.05, 0) is 43.4 Å². The second-order valence-corrected chi connectivity index (χ2v) is 10.4. The highest BCUT2D eigenvalue weighted by Gasteiger charge is 2.27. The molecule has 4 rings (SSSR count). The Hall–Kier alpha value is -1.98. The lowest BCUT2D eigenvalue weighted by atomic mass is 9.97. The summed E-state index contributed by atoms with van der Waals surface area (Å²) in [5.41, 5.74) is 1.35. The number of H-pyrrole nitrogens is 1. The number of alkyl halides is 3. The lowest BCUT2D eigenvalue weighted by Gasteiger charge is -2.12. The van der Waals surface area contributed by atoms with E-state index in [1.165, 1.54) is 16.6 Å². The zero-order chi connectivity index (χ0) is 22.7. The Morgan fingerprint density at radius 1 is 1.22 bits per heavy atom. The van der Waals surface area contributed by atoms with Crippen molar-refractivity contribution < 1.29 is 18.0 Å². The fraction of sp³-hybridized carbons (Fsp3) is 0.381. The van der Waals surface area contributed by atoms with Gasteiger partial charge in [0.15, 0.2) is 0 Å². The van der Waals surface area contributed by atoms with Gasteiger partial charge in [0, 0.05) is 9.77 Å². The van der Waals surface area contributed by atoms with Gasteiger partial charge in [0.1, 0.15) is 10.7 Å². The number of carbonyl (C=O) groups is 1. The van der Waals surface area contributed by atoms with Crippen LogP contribution in [0.1, 0.15) is 29.1 Å². The Balaban J connectivity index is 1.36. The maximum absolute atomic E-state index is 12.6. The average Bonchev–Trinajstić information content (AvgIpc) is 3.11. The van der Waals surface area contributed by atoms with Crippen molar-refractivity contribution in [2.45, 2.75) is 42.5 Å². The van der Waals surface area contributed by atoms with E-state index in [0.717, 1.165) is 36.1 Å². The molecule has 0 fully saturated rings. The summed E-state index contributed by atoms with van der Waals surface area (Å²) >= 11 is 3.49. The molecule has 0 spiro atoms. The minimum Gasteiger partial charge on any atom is -0.324 e. The number of aromatic amines is 1. The van der Waals surface area contributed by atoms with E-state index in [4.69, 9.17) is 0 Å². The van der Waals surface area contributed by atoms with Gasteiger partial charge in [-0.2, -0.15) is 13.2 Å². The van der Waals surface area contributed by atoms with Crippen LogP contribution in [0.15, 0.2) is 34.0 Å². The molecule has 1 aliphatic rings. The van der Waals surface area contributed by atoms with Crippen LogP contribution in [0.4, 0.5) is 18.9 Å². The summed E-state index contributed by atoms with van der Waals surface area (Å²) in [6, 6.07) is 6.41. The number of thioether (sulfide) groups is 2. The fourth-order valence-electron chi connectivity index (χ4n) is 3.56. The quantitative estimate of drug-likeness (QED) is 0.427. The fourth-order valence-corrected chi connectivity index (χ4v) is 6.30. The molecular weight excluding hydrogens is 479 g/mol. The van der Waals surface area contributed by atoms with Crippen molar-refractivity contribution in [3.63, 3.8) is 0 Å². The Bertz CT molecular complexity index is 1190. The van der Waals surface area contributed by atoms with E-state index in [9.17, 15) is 22.8 Å². The van der Waals surface area contributed by atoms with E-state index >= 15 is 0 Å². The number of hydrogen-bond donors (Lipinski definition) is 2. The number of hydrogen-bond acceptors (Lipinski definition) is 6. The standard InChI is InChI=1S/C21H20F3N3O2S3/c22-21(23,24)11-31-15-8-4-2-6-13(15)25-17(28)10-30-9-16-26-19(29)18-12-5-1-3-7-14(12)32-20(18)27-16/h2,4,6,8H,1,3,5,7,9-11H2,(H,25,28)(H,26,27,29). The molecule has 5 nitrogen and oxygen atoms in total. The smallest absolute Gasteiger partial charge is 0.324 e. The predicted octanol–water partition coefficient (Wildman–Crippen LogP) is 5.39. The minimum atomic E-state index is -4.29. The summed E-state index contributed by atoms with van der Waals surface area (Å²) in [5, 5.41) is 3.37. The first-order chi connectivity index (χ1) is 15.3. The number of para-hydroxylation sites is 1. The number of benzene rings is 1. The summed E-state index contributed by atoms with van der Waals surface area (Å²) < 4.78 is 37.5. The number of aryl methyl sites for hydroxylation is 2. The molecule has 2 heterocycles. The SMILES string of the molecule is O=C(CSCc1nc2sc3c(c2c(=O)[nH]1)CCCC3)Nc1ccccc1SCC(F)(F)F. The Labute approximate surface area is 194 Å². The molecule has 170 valence electrons. The summed E-state index contributed by atoms with van der Waals surface area (Å²) in [4.78, 5) is 34.7. The van der Waals surface area contributed by atoms with Gasteiger partial charge in [-0.3, -0.25) is 9.59 Å². The number of thiophene rings is 1. The van der Waals surface area contributed by atoms with Crippen molar-refractivity contribution in [1.29, 1.82) is 0 Å². The highest BCUT2D eigenvalue weighted by Crippen LogP contribution is 2.34. The number of halogens is 3. The van der Waals surface area contributed by atoms with E-state index in [1.807, 2.05) is 0 Å². The molecule has 0 atom stereocenters. The van der Waals surface area contributed by atoms with Crippen LogP contribution < -0.4 is 10.9 Å². The van der Waals surface area contributed by atoms with Crippen LogP contribution in [0, 0.1) is 0 Å². The number of nitrogens with zero attached hydrogens (tertiary/aromatic N) is 1. The maximum atomic E-state index is 12.6. The van der Waals surface area contributed by atoms with E-state index in [2.05, 4.69) is 15.3 Å². The molecule has 3 aromatic rings. The number of carbonyl (C=O) groups excluding carboxylic acids is 1. The van der Waals surface area contributed by atoms with Gasteiger partial charge < -0.3 is 10.3 Å². The predicted molar refractivity (Wildman–Crippen MR) is 125 cm³/mol. The van der Waals surface area contributed by atoms with E-state index in [-0.39, 0.29) is 17.2 Å². The van der Waals surface area contributed by atoms with Crippen LogP contribution in [-0.4, -0.2) is 33.6 Å². The number of fused-ring (bicyclic) bond motifs is 3. The molecule has 32 heavy (non-hydrogen) atoms. The molecule has 11 heteroatoms. The number of anilines is 1. The molecule has 1 aliphatic carbocycles. The normalized spacial score (nSPS) is 13.8. The van der Waals surface area contributed by atoms with E-state index in [1.54, 1.807) is 35.6 Å². The lowest BCUT2D eigenvalue weighted by Crippen LogP contribution is -2.16. The molecule has 1 aromatic carbocycles. The minimum absolute atomic E-state index is 0.0843. The highest BCUT2D eigenvalue weighted by atomic mass is 32.2. The van der Waals surface area contributed by atoms with Gasteiger partial charge in [0.2, 0.25) is 5.91 Å². The number of nitrogens with one attached hydrogen (secondary N) is 2. The molecule has 2 aromatic heterocycles. The van der Waals surface area contributed by atoms with Crippen LogP contribution in [-0.2, 0) is 23.4 Å². The summed E-state index contributed by atoms with van der Waals surface area (Å²) in [7, 11) is 0. The van der Waals surface area contributed by atoms with Gasteiger partial charge in [-0.15, -0.1) is 34.9 Å². The van der Waals surface area contributed by atoms with Crippen LogP contribution in [0.3, 0.4) is 0 Å². The number of aromatic nitrogens is 2. The van der Waals surface area contributed by atoms with Gasteiger partial charge in [-0.1, -0.05) is 12.1 Å². The largest absolute Gasteiger partial charge is 0.398 e. The second kappa shape index (κ2) is 9.88. The van der Waals surface area contributed by atoms with Crippen molar-refractivity contribution in [3.05, 3.63) is 50.9 Å². The Morgan fingerprint density at radius 2 is 2.00 bits per heavy atom. The molecule has 0 radical (unpaired) electrons. The summed E-state index contributed by atoms with van der Waals surface area (Å²) in [6.07, 6.45) is -0.166. The first-order valence-corrected chi connectivity index (χ1v) is 13.0. The van der Waals surface area contributed by atoms with Crippen LogP contribution >= 0.6 is 34.9 Å². The molecule has 0 bridgehead atoms. The topological polar surface area (TPSA) is 74.8 Å². The number of rotatable bonds is 7. The van der Waals surface area contributed by atoms with Gasteiger partial charge in [0.05, 0.1) is 28.3 Å². The van der Waals surface area contributed by atoms with Gasteiger partial charge >= 0.3 is 6.18 Å². The zero-order valence-electron chi connectivity index (χ0n) is 16.9. The first-order valence-electron chi connectivity index (χ1n) is 10.00. The van der Waals surface area contributed by atoms with Gasteiger partial charge in [0.25, 0.3) is 5.56 Å². The second-order valence-electron chi connectivity index (χ2n) is 7.34. The van der Waals surface area contributed by atoms with Crippen LogP contribution in [0.25, 0.3) is 10.2 Å². The van der Waals surface area contributed by atoms with Gasteiger partial charge in [-0.25, -0.2) is 4.98 Å². The average molecular weight is 500 g/mol. The van der Waals surface area contributed by atoms with E-state index in [0.29, 0.717) is 39.3 Å². The molecule has 0 saturated heterocycles. The lowest BCUT2D eigenvalue weighted by molar-refractivity contribution is -0.113. The Morgan fingerprint density at radius 3 is 2.81 bits per heavy atom. The molecule has 0 unspecified atom stereocenters. The van der Waals surface area contributed by atoms with Crippen LogP contribution in [0.5, 0.6) is 0 Å². The Kier molecular flexibility index (Phi) is 7.16. The van der Waals surface area contributed by atoms with Crippen molar-refractivity contribution in [1.82, 2.24) is 9.97 Å². The molecule has 1 amide bonds. The van der Waals surface area contributed by atoms with Crippen molar-refractivity contribution in [2.24, 2.45) is 0 Å². The number of amides is 1. The summed E-state index contributed by atoms with van der Waals surface area (Å²) in [6.45, 7) is 0. The van der Waals surface area contributed by atoms with E-state index < -0.39 is 11.9 Å². The molecule has 0 saturated carbocycles. The van der Waals surface area contributed by atoms with Crippen LogP contribution in [0.2, 0.25) is 0 Å². The van der Waals surface area contributed by atoms with Crippen molar-refractivity contribution in [2.75, 3.05) is 16.8 Å². The maximum Gasteiger partial charge on any atom is 0.398 e. The molecule has 2 N–H and O–H groups in total. The first kappa shape index (κ1) is 23.2. The summed E-state index contributed by atoms with van der Waals surface area (Å²) in [5.74, 6) is -0.403. The third-order valence-corrected chi connectivity index (χ3v) is 8.17. The molecular formula is C21H20F3N3O2S3.